The Morgan fingerprint density at radius 3 is 1.20 bits per heavy atom. The minimum absolute atomic E-state index is 0.844. The molecule has 0 amide bonds. The number of benzene rings is 1. The zero-order valence-corrected chi connectivity index (χ0v) is 20.6. The second-order valence-electron chi connectivity index (χ2n) is 10.1. The largest absolute Gasteiger partial charge is 0.0654 e. The monoisotopic (exact) mass is 412 g/mol. The van der Waals surface area contributed by atoms with Crippen LogP contribution in [0.2, 0.25) is 0 Å². The molecule has 1 aliphatic carbocycles. The summed E-state index contributed by atoms with van der Waals surface area (Å²) in [7, 11) is 0. The van der Waals surface area contributed by atoms with Crippen LogP contribution in [0, 0.1) is 0 Å². The van der Waals surface area contributed by atoms with Crippen molar-refractivity contribution >= 4 is 0 Å². The van der Waals surface area contributed by atoms with Gasteiger partial charge in [0.05, 0.1) is 0 Å². The summed E-state index contributed by atoms with van der Waals surface area (Å²) in [6.45, 7) is 4.62. The van der Waals surface area contributed by atoms with Crippen LogP contribution in [0.1, 0.15) is 165 Å². The third kappa shape index (κ3) is 10.0. The lowest BCUT2D eigenvalue weighted by molar-refractivity contribution is 0.420. The van der Waals surface area contributed by atoms with Crippen LogP contribution in [0.4, 0.5) is 0 Å². The first kappa shape index (κ1) is 25.5. The normalized spacial score (nSPS) is 18.5. The van der Waals surface area contributed by atoms with E-state index in [4.69, 9.17) is 0 Å². The fourth-order valence-electron chi connectivity index (χ4n) is 5.62. The molecule has 0 N–H and O–H groups in total. The van der Waals surface area contributed by atoms with E-state index in [2.05, 4.69) is 38.1 Å². The van der Waals surface area contributed by atoms with Gasteiger partial charge in [0, 0.05) is 0 Å². The van der Waals surface area contributed by atoms with Gasteiger partial charge in [-0.15, -0.1) is 0 Å². The molecule has 0 aliphatic heterocycles. The molecule has 0 nitrogen and oxygen atoms in total. The lowest BCUT2D eigenvalue weighted by Crippen LogP contribution is -2.14. The molecule has 0 radical (unpaired) electrons. The van der Waals surface area contributed by atoms with Crippen LogP contribution >= 0.6 is 0 Å². The average Bonchev–Trinajstić information content (AvgIpc) is 2.78. The molecular formula is C30H52. The molecule has 0 saturated carbocycles. The molecule has 0 fully saturated rings. The van der Waals surface area contributed by atoms with E-state index in [1.165, 1.54) is 128 Å². The summed E-state index contributed by atoms with van der Waals surface area (Å²) in [6, 6.07) is 9.50. The smallest absolute Gasteiger partial charge is 0.0159 e. The lowest BCUT2D eigenvalue weighted by atomic mass is 9.73. The van der Waals surface area contributed by atoms with Gasteiger partial charge in [0.25, 0.3) is 0 Å². The molecule has 1 aromatic rings. The molecule has 2 unspecified atom stereocenters. The SMILES string of the molecule is CCCCCCCCCCCCC1CCC(CCCCCCCC)c2ccccc21. The number of rotatable bonds is 18. The van der Waals surface area contributed by atoms with E-state index in [0.717, 1.165) is 11.8 Å². The van der Waals surface area contributed by atoms with Crippen LogP contribution in [0.15, 0.2) is 24.3 Å². The average molecular weight is 413 g/mol. The predicted molar refractivity (Wildman–Crippen MR) is 136 cm³/mol. The first-order valence-corrected chi connectivity index (χ1v) is 14.0. The Morgan fingerprint density at radius 1 is 0.500 bits per heavy atom. The first-order valence-electron chi connectivity index (χ1n) is 14.0. The highest BCUT2D eigenvalue weighted by Gasteiger charge is 2.26. The van der Waals surface area contributed by atoms with Gasteiger partial charge < -0.3 is 0 Å². The van der Waals surface area contributed by atoms with Crippen molar-refractivity contribution in [1.82, 2.24) is 0 Å². The fraction of sp³-hybridized carbons (Fsp3) is 0.800. The minimum Gasteiger partial charge on any atom is -0.0654 e. The zero-order chi connectivity index (χ0) is 21.3. The van der Waals surface area contributed by atoms with Gasteiger partial charge in [0.2, 0.25) is 0 Å². The standard InChI is InChI=1S/C30H52/c1-3-5-7-9-11-12-13-14-16-18-22-28-26-25-27(21-17-15-10-8-6-4-2)29-23-19-20-24-30(28)29/h19-20,23-24,27-28H,3-18,21-22,25-26H2,1-2H3. The highest BCUT2D eigenvalue weighted by Crippen LogP contribution is 2.43. The lowest BCUT2D eigenvalue weighted by Gasteiger charge is -2.32. The second-order valence-corrected chi connectivity index (χ2v) is 10.1. The van der Waals surface area contributed by atoms with Crippen LogP contribution in [-0.4, -0.2) is 0 Å². The van der Waals surface area contributed by atoms with Crippen molar-refractivity contribution in [3.05, 3.63) is 35.4 Å². The van der Waals surface area contributed by atoms with Crippen LogP contribution < -0.4 is 0 Å². The molecule has 1 aliphatic rings. The molecule has 0 heteroatoms. The minimum atomic E-state index is 0.844. The van der Waals surface area contributed by atoms with Gasteiger partial charge in [-0.1, -0.05) is 141 Å². The number of hydrogen-bond donors (Lipinski definition) is 0. The fourth-order valence-corrected chi connectivity index (χ4v) is 5.62. The van der Waals surface area contributed by atoms with Gasteiger partial charge in [0.15, 0.2) is 0 Å². The summed E-state index contributed by atoms with van der Waals surface area (Å²) in [6.07, 6.45) is 28.8. The summed E-state index contributed by atoms with van der Waals surface area (Å²) >= 11 is 0. The maximum absolute atomic E-state index is 2.46. The summed E-state index contributed by atoms with van der Waals surface area (Å²) in [5.74, 6) is 1.69. The molecular weight excluding hydrogens is 360 g/mol. The van der Waals surface area contributed by atoms with Gasteiger partial charge in [-0.05, 0) is 48.6 Å². The molecule has 30 heavy (non-hydrogen) atoms. The molecule has 172 valence electrons. The van der Waals surface area contributed by atoms with Crippen molar-refractivity contribution in [2.24, 2.45) is 0 Å². The third-order valence-electron chi connectivity index (χ3n) is 7.55. The van der Waals surface area contributed by atoms with Crippen LogP contribution in [-0.2, 0) is 0 Å². The van der Waals surface area contributed by atoms with Crippen LogP contribution in [0.3, 0.4) is 0 Å². The molecule has 0 saturated heterocycles. The Labute approximate surface area is 189 Å². The van der Waals surface area contributed by atoms with Crippen molar-refractivity contribution in [3.8, 4) is 0 Å². The topological polar surface area (TPSA) is 0 Å². The molecule has 0 aromatic heterocycles. The predicted octanol–water partition coefficient (Wildman–Crippen LogP) is 10.7. The van der Waals surface area contributed by atoms with Crippen LogP contribution in [0.5, 0.6) is 0 Å². The van der Waals surface area contributed by atoms with Gasteiger partial charge in [-0.3, -0.25) is 0 Å². The molecule has 2 atom stereocenters. The Hall–Kier alpha value is -0.780. The van der Waals surface area contributed by atoms with E-state index in [-0.39, 0.29) is 0 Å². The summed E-state index contributed by atoms with van der Waals surface area (Å²) in [5, 5.41) is 0. The molecule has 2 rings (SSSR count). The summed E-state index contributed by atoms with van der Waals surface area (Å²) < 4.78 is 0. The Kier molecular flexibility index (Phi) is 14.3. The third-order valence-corrected chi connectivity index (χ3v) is 7.55. The summed E-state index contributed by atoms with van der Waals surface area (Å²) in [4.78, 5) is 0. The first-order chi connectivity index (χ1) is 14.9. The quantitative estimate of drug-likeness (QED) is 0.210. The van der Waals surface area contributed by atoms with Crippen molar-refractivity contribution in [2.45, 2.75) is 154 Å². The van der Waals surface area contributed by atoms with Crippen molar-refractivity contribution in [3.63, 3.8) is 0 Å². The van der Waals surface area contributed by atoms with E-state index >= 15 is 0 Å². The van der Waals surface area contributed by atoms with Gasteiger partial charge >= 0.3 is 0 Å². The zero-order valence-electron chi connectivity index (χ0n) is 20.6. The van der Waals surface area contributed by atoms with Gasteiger partial charge in [0.1, 0.15) is 0 Å². The second kappa shape index (κ2) is 16.9. The van der Waals surface area contributed by atoms with E-state index in [1.54, 1.807) is 11.1 Å². The number of fused-ring (bicyclic) bond motifs is 1. The van der Waals surface area contributed by atoms with Crippen molar-refractivity contribution in [1.29, 1.82) is 0 Å². The van der Waals surface area contributed by atoms with E-state index in [0.29, 0.717) is 0 Å². The molecule has 1 aromatic carbocycles. The van der Waals surface area contributed by atoms with E-state index < -0.39 is 0 Å². The van der Waals surface area contributed by atoms with Crippen molar-refractivity contribution < 1.29 is 0 Å². The van der Waals surface area contributed by atoms with E-state index in [9.17, 15) is 0 Å². The molecule has 0 bridgehead atoms. The van der Waals surface area contributed by atoms with Crippen molar-refractivity contribution in [2.75, 3.05) is 0 Å². The Balaban J connectivity index is 1.62. The van der Waals surface area contributed by atoms with Gasteiger partial charge in [-0.2, -0.15) is 0 Å². The molecule has 0 heterocycles. The van der Waals surface area contributed by atoms with E-state index in [1.807, 2.05) is 0 Å². The maximum Gasteiger partial charge on any atom is -0.0159 e. The molecule has 0 spiro atoms. The van der Waals surface area contributed by atoms with Gasteiger partial charge in [-0.25, -0.2) is 0 Å². The Bertz CT molecular complexity index is 517. The number of unbranched alkanes of at least 4 members (excludes halogenated alkanes) is 14. The highest BCUT2D eigenvalue weighted by atomic mass is 14.3. The maximum atomic E-state index is 2.46. The van der Waals surface area contributed by atoms with Crippen LogP contribution in [0.25, 0.3) is 0 Å². The highest BCUT2D eigenvalue weighted by molar-refractivity contribution is 5.35. The summed E-state index contributed by atoms with van der Waals surface area (Å²) in [5.41, 5.74) is 3.44. The Morgan fingerprint density at radius 2 is 0.833 bits per heavy atom. The number of hydrogen-bond acceptors (Lipinski definition) is 0.